The summed E-state index contributed by atoms with van der Waals surface area (Å²) in [6, 6.07) is 12.3. The third kappa shape index (κ3) is 4.81. The number of carbonyl (C=O) groups excluding carboxylic acids is 1. The minimum atomic E-state index is -4.00. The fraction of sp³-hybridized carbons (Fsp3) is 0.300. The van der Waals surface area contributed by atoms with Crippen LogP contribution in [0.1, 0.15) is 26.3 Å². The van der Waals surface area contributed by atoms with Crippen LogP contribution in [0, 0.1) is 0 Å². The second-order valence-electron chi connectivity index (χ2n) is 7.72. The quantitative estimate of drug-likeness (QED) is 0.490. The first-order valence-electron chi connectivity index (χ1n) is 9.09. The van der Waals surface area contributed by atoms with E-state index in [2.05, 4.69) is 20.0 Å². The maximum atomic E-state index is 12.6. The van der Waals surface area contributed by atoms with Crippen molar-refractivity contribution < 1.29 is 18.3 Å². The number of anilines is 1. The molecule has 8 nitrogen and oxygen atoms in total. The smallest absolute Gasteiger partial charge is 0.247 e. The van der Waals surface area contributed by atoms with Crippen LogP contribution >= 0.6 is 0 Å². The number of fused-ring (bicyclic) bond motifs is 1. The lowest BCUT2D eigenvalue weighted by atomic mass is 9.87. The molecule has 0 fully saturated rings. The van der Waals surface area contributed by atoms with E-state index in [4.69, 9.17) is 0 Å². The molecule has 0 aliphatic heterocycles. The Morgan fingerprint density at radius 3 is 2.38 bits per heavy atom. The zero-order valence-corrected chi connectivity index (χ0v) is 17.2. The molecule has 1 aromatic heterocycles. The predicted octanol–water partition coefficient (Wildman–Crippen LogP) is 2.14. The number of imidazole rings is 1. The number of nitrogens with one attached hydrogen (secondary N) is 3. The highest BCUT2D eigenvalue weighted by atomic mass is 32.2. The molecule has 2 aromatic carbocycles. The highest BCUT2D eigenvalue weighted by molar-refractivity contribution is 7.89. The molecule has 0 aliphatic rings. The summed E-state index contributed by atoms with van der Waals surface area (Å²) in [6.45, 7) is 5.38. The average molecular weight is 417 g/mol. The van der Waals surface area contributed by atoms with Gasteiger partial charge in [-0.15, -0.1) is 0 Å². The fourth-order valence-electron chi connectivity index (χ4n) is 2.78. The summed E-state index contributed by atoms with van der Waals surface area (Å²) in [7, 11) is -4.00. The van der Waals surface area contributed by atoms with Crippen molar-refractivity contribution in [3.63, 3.8) is 0 Å². The number of nitrogens with zero attached hydrogens (tertiary/aromatic N) is 1. The summed E-state index contributed by atoms with van der Waals surface area (Å²) in [5.41, 5.74) is 2.25. The summed E-state index contributed by atoms with van der Waals surface area (Å²) in [4.78, 5) is 19.6. The zero-order valence-electron chi connectivity index (χ0n) is 16.4. The lowest BCUT2D eigenvalue weighted by Gasteiger charge is -2.20. The van der Waals surface area contributed by atoms with Gasteiger partial charge in [0.15, 0.2) is 0 Å². The number of amides is 1. The number of para-hydroxylation sites is 2. The molecule has 0 unspecified atom stereocenters. The van der Waals surface area contributed by atoms with Gasteiger partial charge in [-0.25, -0.2) is 13.4 Å². The number of aromatic nitrogens is 2. The standard InChI is InChI=1S/C20H24N4O4S/c1-20(2,3)13-8-10-14(11-9-13)29(27,28)24-17(12-25)18(26)23-19-21-15-6-4-5-7-16(15)22-19/h4-11,17,24-25H,12H2,1-3H3,(H2,21,22,23,26)/t17-/m0/s1. The Balaban J connectivity index is 1.74. The van der Waals surface area contributed by atoms with Crippen LogP contribution in [0.25, 0.3) is 11.0 Å². The van der Waals surface area contributed by atoms with Crippen molar-refractivity contribution in [1.82, 2.24) is 14.7 Å². The fourth-order valence-corrected chi connectivity index (χ4v) is 3.97. The number of hydrogen-bond acceptors (Lipinski definition) is 5. The van der Waals surface area contributed by atoms with Crippen LogP contribution in [0.15, 0.2) is 53.4 Å². The molecule has 9 heteroatoms. The van der Waals surface area contributed by atoms with Gasteiger partial charge >= 0.3 is 0 Å². The van der Waals surface area contributed by atoms with Gasteiger partial charge in [0.25, 0.3) is 0 Å². The van der Waals surface area contributed by atoms with E-state index in [0.717, 1.165) is 11.1 Å². The van der Waals surface area contributed by atoms with E-state index in [-0.39, 0.29) is 16.3 Å². The first kappa shape index (κ1) is 21.0. The number of aromatic amines is 1. The van der Waals surface area contributed by atoms with E-state index in [9.17, 15) is 18.3 Å². The number of rotatable bonds is 6. The lowest BCUT2D eigenvalue weighted by molar-refractivity contribution is -0.118. The van der Waals surface area contributed by atoms with Gasteiger partial charge < -0.3 is 10.1 Å². The third-order valence-electron chi connectivity index (χ3n) is 4.46. The summed E-state index contributed by atoms with van der Waals surface area (Å²) >= 11 is 0. The summed E-state index contributed by atoms with van der Waals surface area (Å²) in [5, 5.41) is 12.0. The summed E-state index contributed by atoms with van der Waals surface area (Å²) in [6.07, 6.45) is 0. The van der Waals surface area contributed by atoms with E-state index in [0.29, 0.717) is 5.52 Å². The predicted molar refractivity (Wildman–Crippen MR) is 111 cm³/mol. The Labute approximate surface area is 169 Å². The second-order valence-corrected chi connectivity index (χ2v) is 9.44. The molecule has 0 bridgehead atoms. The maximum absolute atomic E-state index is 12.6. The minimum Gasteiger partial charge on any atom is -0.394 e. The molecule has 1 atom stereocenters. The molecule has 154 valence electrons. The molecule has 1 heterocycles. The normalized spacial score (nSPS) is 13.4. The SMILES string of the molecule is CC(C)(C)c1ccc(S(=O)(=O)N[C@@H](CO)C(=O)Nc2nc3ccccc3[nH]2)cc1. The maximum Gasteiger partial charge on any atom is 0.247 e. The Hall–Kier alpha value is -2.75. The molecule has 0 spiro atoms. The van der Waals surface area contributed by atoms with Gasteiger partial charge in [-0.2, -0.15) is 4.72 Å². The van der Waals surface area contributed by atoms with Gasteiger partial charge in [-0.1, -0.05) is 45.0 Å². The first-order chi connectivity index (χ1) is 13.6. The van der Waals surface area contributed by atoms with E-state index in [1.165, 1.54) is 12.1 Å². The number of aliphatic hydroxyl groups is 1. The van der Waals surface area contributed by atoms with E-state index in [1.54, 1.807) is 24.3 Å². The number of hydrogen-bond donors (Lipinski definition) is 4. The molecule has 0 saturated heterocycles. The van der Waals surface area contributed by atoms with Crippen LogP contribution < -0.4 is 10.0 Å². The van der Waals surface area contributed by atoms with Crippen LogP contribution in [0.3, 0.4) is 0 Å². The van der Waals surface area contributed by atoms with Crippen molar-refractivity contribution in [2.45, 2.75) is 37.1 Å². The van der Waals surface area contributed by atoms with Crippen LogP contribution in [0.2, 0.25) is 0 Å². The molecule has 0 radical (unpaired) electrons. The van der Waals surface area contributed by atoms with E-state index in [1.807, 2.05) is 32.9 Å². The first-order valence-corrected chi connectivity index (χ1v) is 10.6. The number of benzene rings is 2. The molecule has 29 heavy (non-hydrogen) atoms. The van der Waals surface area contributed by atoms with Gasteiger partial charge in [0.1, 0.15) is 6.04 Å². The number of H-pyrrole nitrogens is 1. The molecule has 3 aromatic rings. The number of aliphatic hydroxyl groups excluding tert-OH is 1. The average Bonchev–Trinajstić information content (AvgIpc) is 3.07. The van der Waals surface area contributed by atoms with Crippen molar-refractivity contribution in [3.05, 3.63) is 54.1 Å². The lowest BCUT2D eigenvalue weighted by Crippen LogP contribution is -2.46. The summed E-state index contributed by atoms with van der Waals surface area (Å²) in [5.74, 6) is -0.551. The van der Waals surface area contributed by atoms with Crippen LogP contribution in [-0.4, -0.2) is 42.0 Å². The summed E-state index contributed by atoms with van der Waals surface area (Å²) < 4.78 is 27.5. The van der Waals surface area contributed by atoms with E-state index >= 15 is 0 Å². The number of sulfonamides is 1. The monoisotopic (exact) mass is 416 g/mol. The van der Waals surface area contributed by atoms with Gasteiger partial charge in [0.2, 0.25) is 21.9 Å². The Kier molecular flexibility index (Phi) is 5.74. The van der Waals surface area contributed by atoms with Crippen molar-refractivity contribution in [3.8, 4) is 0 Å². The van der Waals surface area contributed by atoms with Gasteiger partial charge in [0, 0.05) is 0 Å². The molecule has 4 N–H and O–H groups in total. The zero-order chi connectivity index (χ0) is 21.2. The molecule has 0 saturated carbocycles. The highest BCUT2D eigenvalue weighted by Gasteiger charge is 2.26. The van der Waals surface area contributed by atoms with Crippen LogP contribution in [0.5, 0.6) is 0 Å². The molecule has 0 aliphatic carbocycles. The largest absolute Gasteiger partial charge is 0.394 e. The number of carbonyl (C=O) groups is 1. The van der Waals surface area contributed by atoms with Gasteiger partial charge in [0.05, 0.1) is 22.5 Å². The van der Waals surface area contributed by atoms with Crippen LogP contribution in [0.4, 0.5) is 5.95 Å². The van der Waals surface area contributed by atoms with Crippen molar-refractivity contribution in [1.29, 1.82) is 0 Å². The van der Waals surface area contributed by atoms with Gasteiger partial charge in [-0.3, -0.25) is 10.1 Å². The molecule has 3 rings (SSSR count). The van der Waals surface area contributed by atoms with Crippen LogP contribution in [-0.2, 0) is 20.2 Å². The molecular weight excluding hydrogens is 392 g/mol. The van der Waals surface area contributed by atoms with E-state index < -0.39 is 28.6 Å². The topological polar surface area (TPSA) is 124 Å². The minimum absolute atomic E-state index is 0.0143. The van der Waals surface area contributed by atoms with Crippen molar-refractivity contribution in [2.75, 3.05) is 11.9 Å². The van der Waals surface area contributed by atoms with Crippen molar-refractivity contribution >= 4 is 32.9 Å². The Bertz CT molecular complexity index is 1080. The third-order valence-corrected chi connectivity index (χ3v) is 5.95. The highest BCUT2D eigenvalue weighted by Crippen LogP contribution is 2.23. The second kappa shape index (κ2) is 7.94. The van der Waals surface area contributed by atoms with Crippen molar-refractivity contribution in [2.24, 2.45) is 0 Å². The molecular formula is C20H24N4O4S. The van der Waals surface area contributed by atoms with Gasteiger partial charge in [-0.05, 0) is 35.2 Å². The Morgan fingerprint density at radius 1 is 1.14 bits per heavy atom. The molecule has 1 amide bonds. The Morgan fingerprint density at radius 2 is 1.79 bits per heavy atom.